The van der Waals surface area contributed by atoms with Crippen molar-refractivity contribution >= 4 is 39.4 Å². The maximum absolute atomic E-state index is 11.5. The molecule has 2 aromatic heterocycles. The molecule has 1 amide bonds. The third kappa shape index (κ3) is 3.88. The number of hydrogen-bond donors (Lipinski definition) is 0. The summed E-state index contributed by atoms with van der Waals surface area (Å²) in [6.07, 6.45) is 3.41. The van der Waals surface area contributed by atoms with Crippen LogP contribution in [0.25, 0.3) is 16.4 Å². The van der Waals surface area contributed by atoms with E-state index >= 15 is 0 Å². The van der Waals surface area contributed by atoms with Crippen molar-refractivity contribution in [1.29, 1.82) is 0 Å². The topological polar surface area (TPSA) is 51.0 Å². The van der Waals surface area contributed by atoms with Crippen molar-refractivity contribution in [3.05, 3.63) is 46.0 Å². The first-order valence-electron chi connectivity index (χ1n) is 8.54. The minimum absolute atomic E-state index is 0.386. The molecule has 0 saturated carbocycles. The largest absolute Gasteiger partial charge is 0.312 e. The molecule has 0 unspecified atom stereocenters. The average Bonchev–Trinajstić information content (AvgIpc) is 3.26. The first kappa shape index (κ1) is 18.8. The van der Waals surface area contributed by atoms with E-state index in [4.69, 9.17) is 4.98 Å². The van der Waals surface area contributed by atoms with Crippen molar-refractivity contribution in [2.45, 2.75) is 27.2 Å². The first-order valence-corrected chi connectivity index (χ1v) is 10.2. The SMILES string of the molecule is CCc1c(N(C=O)CC(C)C)cnn1-c1nc(-c2ccc(Br)cc2)cs1. The smallest absolute Gasteiger partial charge is 0.214 e. The summed E-state index contributed by atoms with van der Waals surface area (Å²) in [5.74, 6) is 0.386. The Bertz CT molecular complexity index is 885. The van der Waals surface area contributed by atoms with Gasteiger partial charge in [0, 0.05) is 22.0 Å². The van der Waals surface area contributed by atoms with Gasteiger partial charge < -0.3 is 4.90 Å². The highest BCUT2D eigenvalue weighted by molar-refractivity contribution is 9.10. The maximum Gasteiger partial charge on any atom is 0.214 e. The van der Waals surface area contributed by atoms with Crippen molar-refractivity contribution in [3.63, 3.8) is 0 Å². The molecule has 0 saturated heterocycles. The fourth-order valence-electron chi connectivity index (χ4n) is 2.81. The number of amides is 1. The molecule has 0 atom stereocenters. The van der Waals surface area contributed by atoms with Crippen molar-refractivity contribution in [3.8, 4) is 16.4 Å². The van der Waals surface area contributed by atoms with E-state index < -0.39 is 0 Å². The highest BCUT2D eigenvalue weighted by Crippen LogP contribution is 2.29. The van der Waals surface area contributed by atoms with Gasteiger partial charge in [-0.05, 0) is 24.5 Å². The third-order valence-corrected chi connectivity index (χ3v) is 5.34. The van der Waals surface area contributed by atoms with E-state index in [1.54, 1.807) is 22.4 Å². The molecule has 0 bridgehead atoms. The van der Waals surface area contributed by atoms with Crippen LogP contribution in [0.2, 0.25) is 0 Å². The third-order valence-electron chi connectivity index (χ3n) is 3.99. The van der Waals surface area contributed by atoms with E-state index in [2.05, 4.69) is 41.8 Å². The minimum Gasteiger partial charge on any atom is -0.312 e. The molecule has 0 aliphatic heterocycles. The monoisotopic (exact) mass is 432 g/mol. The van der Waals surface area contributed by atoms with Gasteiger partial charge in [-0.25, -0.2) is 9.67 Å². The molecule has 0 aliphatic rings. The Morgan fingerprint density at radius 2 is 2.04 bits per heavy atom. The van der Waals surface area contributed by atoms with Crippen LogP contribution in [-0.4, -0.2) is 27.7 Å². The molecular weight excluding hydrogens is 412 g/mol. The Morgan fingerprint density at radius 1 is 1.31 bits per heavy atom. The molecule has 7 heteroatoms. The van der Waals surface area contributed by atoms with Gasteiger partial charge in [-0.15, -0.1) is 11.3 Å². The van der Waals surface area contributed by atoms with Crippen LogP contribution in [-0.2, 0) is 11.2 Å². The Labute approximate surface area is 165 Å². The number of anilines is 1. The van der Waals surface area contributed by atoms with Gasteiger partial charge in [0.2, 0.25) is 11.5 Å². The van der Waals surface area contributed by atoms with Crippen LogP contribution < -0.4 is 4.90 Å². The number of halogens is 1. The number of aromatic nitrogens is 3. The lowest BCUT2D eigenvalue weighted by molar-refractivity contribution is -0.107. The van der Waals surface area contributed by atoms with E-state index in [0.29, 0.717) is 12.5 Å². The van der Waals surface area contributed by atoms with Gasteiger partial charge in [-0.3, -0.25) is 4.79 Å². The predicted molar refractivity (Wildman–Crippen MR) is 110 cm³/mol. The molecule has 0 aliphatic carbocycles. The zero-order valence-corrected chi connectivity index (χ0v) is 17.4. The second-order valence-corrected chi connectivity index (χ2v) is 8.17. The fourth-order valence-corrected chi connectivity index (χ4v) is 3.89. The van der Waals surface area contributed by atoms with E-state index in [9.17, 15) is 4.79 Å². The minimum atomic E-state index is 0.386. The first-order chi connectivity index (χ1) is 12.5. The standard InChI is InChI=1S/C19H21BrN4OS/c1-4-17-18(23(12-25)10-13(2)3)9-21-24(17)19-22-16(11-26-19)14-5-7-15(20)8-6-14/h5-9,11-13H,4,10H2,1-3H3. The highest BCUT2D eigenvalue weighted by atomic mass is 79.9. The Balaban J connectivity index is 1.95. The molecule has 0 radical (unpaired) electrons. The van der Waals surface area contributed by atoms with Crippen LogP contribution >= 0.6 is 27.3 Å². The van der Waals surface area contributed by atoms with Crippen LogP contribution in [0.5, 0.6) is 0 Å². The normalized spacial score (nSPS) is 11.1. The van der Waals surface area contributed by atoms with E-state index in [1.165, 1.54) is 0 Å². The number of thiazole rings is 1. The van der Waals surface area contributed by atoms with Gasteiger partial charge in [-0.2, -0.15) is 5.10 Å². The Hall–Kier alpha value is -1.99. The second-order valence-electron chi connectivity index (χ2n) is 6.42. The van der Waals surface area contributed by atoms with Crippen LogP contribution in [0.3, 0.4) is 0 Å². The fraction of sp³-hybridized carbons (Fsp3) is 0.316. The molecule has 2 heterocycles. The van der Waals surface area contributed by atoms with Gasteiger partial charge >= 0.3 is 0 Å². The van der Waals surface area contributed by atoms with Gasteiger partial charge in [0.15, 0.2) is 0 Å². The van der Waals surface area contributed by atoms with Gasteiger partial charge in [0.05, 0.1) is 23.3 Å². The van der Waals surface area contributed by atoms with E-state index in [1.807, 2.05) is 34.3 Å². The lowest BCUT2D eigenvalue weighted by Gasteiger charge is -2.19. The van der Waals surface area contributed by atoms with Crippen molar-refractivity contribution in [2.24, 2.45) is 5.92 Å². The summed E-state index contributed by atoms with van der Waals surface area (Å²) in [6.45, 7) is 6.93. The van der Waals surface area contributed by atoms with Crippen molar-refractivity contribution in [2.75, 3.05) is 11.4 Å². The molecule has 0 N–H and O–H groups in total. The van der Waals surface area contributed by atoms with Crippen molar-refractivity contribution in [1.82, 2.24) is 14.8 Å². The number of benzene rings is 1. The van der Waals surface area contributed by atoms with Crippen molar-refractivity contribution < 1.29 is 4.79 Å². The summed E-state index contributed by atoms with van der Waals surface area (Å²) >= 11 is 5.00. The lowest BCUT2D eigenvalue weighted by atomic mass is 10.2. The highest BCUT2D eigenvalue weighted by Gasteiger charge is 2.19. The number of carbonyl (C=O) groups excluding carboxylic acids is 1. The van der Waals surface area contributed by atoms with Crippen LogP contribution in [0.15, 0.2) is 40.3 Å². The summed E-state index contributed by atoms with van der Waals surface area (Å²) in [7, 11) is 0. The molecule has 26 heavy (non-hydrogen) atoms. The number of nitrogens with zero attached hydrogens (tertiary/aromatic N) is 4. The summed E-state index contributed by atoms with van der Waals surface area (Å²) in [5.41, 5.74) is 3.84. The molecule has 3 rings (SSSR count). The number of hydrogen-bond acceptors (Lipinski definition) is 4. The molecule has 136 valence electrons. The van der Waals surface area contributed by atoms with Crippen LogP contribution in [0, 0.1) is 5.92 Å². The summed E-state index contributed by atoms with van der Waals surface area (Å²) in [4.78, 5) is 18.0. The molecule has 0 fully saturated rings. The molecule has 1 aromatic carbocycles. The number of rotatable bonds is 7. The average molecular weight is 433 g/mol. The molecule has 5 nitrogen and oxygen atoms in total. The van der Waals surface area contributed by atoms with E-state index in [0.717, 1.165) is 45.1 Å². The summed E-state index contributed by atoms with van der Waals surface area (Å²) in [6, 6.07) is 8.08. The summed E-state index contributed by atoms with van der Waals surface area (Å²) in [5, 5.41) is 7.35. The summed E-state index contributed by atoms with van der Waals surface area (Å²) < 4.78 is 2.89. The number of carbonyl (C=O) groups is 1. The molecular formula is C19H21BrN4OS. The lowest BCUT2D eigenvalue weighted by Crippen LogP contribution is -2.26. The maximum atomic E-state index is 11.5. The predicted octanol–water partition coefficient (Wildman–Crippen LogP) is 4.94. The van der Waals surface area contributed by atoms with Gasteiger partial charge in [0.1, 0.15) is 0 Å². The van der Waals surface area contributed by atoms with E-state index in [-0.39, 0.29) is 0 Å². The Kier molecular flexibility index (Phi) is 5.88. The second kappa shape index (κ2) is 8.14. The zero-order chi connectivity index (χ0) is 18.7. The Morgan fingerprint density at radius 3 is 2.65 bits per heavy atom. The van der Waals surface area contributed by atoms with Crippen LogP contribution in [0.1, 0.15) is 26.5 Å². The quantitative estimate of drug-likeness (QED) is 0.496. The van der Waals surface area contributed by atoms with Gasteiger partial charge in [-0.1, -0.05) is 48.8 Å². The van der Waals surface area contributed by atoms with Crippen LogP contribution in [0.4, 0.5) is 5.69 Å². The molecule has 3 aromatic rings. The molecule has 0 spiro atoms. The zero-order valence-electron chi connectivity index (χ0n) is 15.0. The van der Waals surface area contributed by atoms with Gasteiger partial charge in [0.25, 0.3) is 0 Å².